The fourth-order valence-corrected chi connectivity index (χ4v) is 4.76. The van der Waals surface area contributed by atoms with E-state index in [0.29, 0.717) is 34.0 Å². The van der Waals surface area contributed by atoms with Gasteiger partial charge in [-0.05, 0) is 54.4 Å². The molecule has 0 aliphatic rings. The second-order valence-electron chi connectivity index (χ2n) is 8.11. The summed E-state index contributed by atoms with van der Waals surface area (Å²) in [5.74, 6) is -1.78. The van der Waals surface area contributed by atoms with Crippen molar-refractivity contribution in [3.05, 3.63) is 102 Å². The minimum absolute atomic E-state index is 0.116. The molecule has 37 heavy (non-hydrogen) atoms. The van der Waals surface area contributed by atoms with Gasteiger partial charge in [0.05, 0.1) is 22.1 Å². The molecule has 4 aromatic rings. The van der Waals surface area contributed by atoms with Crippen LogP contribution in [0.5, 0.6) is 0 Å². The van der Waals surface area contributed by atoms with Gasteiger partial charge in [-0.25, -0.2) is 14.2 Å². The number of carbonyl (C=O) groups is 2. The van der Waals surface area contributed by atoms with Crippen molar-refractivity contribution in [1.29, 1.82) is 5.26 Å². The Bertz CT molecular complexity index is 1490. The number of nitrogens with zero attached hydrogens (tertiary/aromatic N) is 2. The Labute approximate surface area is 217 Å². The summed E-state index contributed by atoms with van der Waals surface area (Å²) in [4.78, 5) is 28.9. The lowest BCUT2D eigenvalue weighted by Gasteiger charge is -2.17. The summed E-state index contributed by atoms with van der Waals surface area (Å²) in [5, 5.41) is 21.7. The number of anilines is 1. The molecule has 0 bridgehead atoms. The van der Waals surface area contributed by atoms with Crippen LogP contribution in [0.4, 0.5) is 10.1 Å². The molecule has 4 rings (SSSR count). The quantitative estimate of drug-likeness (QED) is 0.257. The number of carboxylic acids is 1. The highest BCUT2D eigenvalue weighted by atomic mass is 32.2. The number of rotatable bonds is 8. The Balaban J connectivity index is 1.72. The molecule has 8 heteroatoms. The molecule has 1 aromatic heterocycles. The van der Waals surface area contributed by atoms with Gasteiger partial charge < -0.3 is 10.4 Å². The molecule has 1 unspecified atom stereocenters. The number of hydrogen-bond donors (Lipinski definition) is 2. The van der Waals surface area contributed by atoms with Crippen molar-refractivity contribution in [2.75, 3.05) is 5.32 Å². The van der Waals surface area contributed by atoms with E-state index in [-0.39, 0.29) is 17.0 Å². The fraction of sp³-hybridized carbons (Fsp3) is 0.103. The summed E-state index contributed by atoms with van der Waals surface area (Å²) in [5.41, 5.74) is 3.31. The van der Waals surface area contributed by atoms with Gasteiger partial charge >= 0.3 is 5.97 Å². The minimum atomic E-state index is -1.05. The highest BCUT2D eigenvalue weighted by Crippen LogP contribution is 2.36. The van der Waals surface area contributed by atoms with Gasteiger partial charge in [0.1, 0.15) is 16.9 Å². The van der Waals surface area contributed by atoms with E-state index in [0.717, 1.165) is 17.3 Å². The molecule has 0 saturated heterocycles. The average Bonchev–Trinajstić information content (AvgIpc) is 2.91. The highest BCUT2D eigenvalue weighted by molar-refractivity contribution is 8.00. The first kappa shape index (κ1) is 25.6. The third kappa shape index (κ3) is 6.02. The molecule has 0 spiro atoms. The summed E-state index contributed by atoms with van der Waals surface area (Å²) in [6.07, 6.45) is 0.446. The Kier molecular flexibility index (Phi) is 7.96. The molecule has 0 fully saturated rings. The minimum Gasteiger partial charge on any atom is -0.478 e. The predicted octanol–water partition coefficient (Wildman–Crippen LogP) is 6.63. The van der Waals surface area contributed by atoms with E-state index in [1.165, 1.54) is 36.4 Å². The normalized spacial score (nSPS) is 11.4. The molecule has 2 N–H and O–H groups in total. The zero-order chi connectivity index (χ0) is 26.4. The number of hydrogen-bond acceptors (Lipinski definition) is 5. The SMILES string of the molecule is CCC(Sc1nc(-c2ccccc2)cc(-c2cccc(F)c2)c1C#N)C(=O)Nc1ccc(C(=O)O)cc1. The zero-order valence-electron chi connectivity index (χ0n) is 19.8. The maximum atomic E-state index is 14.1. The van der Waals surface area contributed by atoms with Crippen LogP contribution in [0.2, 0.25) is 0 Å². The first-order valence-electron chi connectivity index (χ1n) is 11.5. The molecular formula is C29H22FN3O3S. The molecule has 0 aliphatic carbocycles. The van der Waals surface area contributed by atoms with Crippen molar-refractivity contribution < 1.29 is 19.1 Å². The van der Waals surface area contributed by atoms with E-state index in [1.807, 2.05) is 37.3 Å². The maximum absolute atomic E-state index is 14.1. The molecule has 184 valence electrons. The Morgan fingerprint density at radius 1 is 1.03 bits per heavy atom. The number of pyridine rings is 1. The second-order valence-corrected chi connectivity index (χ2v) is 9.30. The fourth-order valence-electron chi connectivity index (χ4n) is 3.73. The first-order valence-corrected chi connectivity index (χ1v) is 12.3. The van der Waals surface area contributed by atoms with Gasteiger partial charge in [0.15, 0.2) is 0 Å². The molecular weight excluding hydrogens is 489 g/mol. The van der Waals surface area contributed by atoms with Crippen LogP contribution in [0.15, 0.2) is 90.0 Å². The molecule has 3 aromatic carbocycles. The number of aromatic carboxylic acids is 1. The van der Waals surface area contributed by atoms with Gasteiger partial charge in [-0.3, -0.25) is 4.79 Å². The van der Waals surface area contributed by atoms with Gasteiger partial charge in [0.25, 0.3) is 0 Å². The lowest BCUT2D eigenvalue weighted by atomic mass is 9.99. The van der Waals surface area contributed by atoms with Crippen LogP contribution < -0.4 is 5.32 Å². The Morgan fingerprint density at radius 2 is 1.73 bits per heavy atom. The second kappa shape index (κ2) is 11.5. The zero-order valence-corrected chi connectivity index (χ0v) is 20.6. The predicted molar refractivity (Wildman–Crippen MR) is 142 cm³/mol. The van der Waals surface area contributed by atoms with Crippen molar-refractivity contribution in [2.24, 2.45) is 0 Å². The number of nitriles is 1. The molecule has 0 saturated carbocycles. The van der Waals surface area contributed by atoms with Crippen LogP contribution in [0.25, 0.3) is 22.4 Å². The summed E-state index contributed by atoms with van der Waals surface area (Å²) in [6, 6.07) is 25.3. The topological polar surface area (TPSA) is 103 Å². The highest BCUT2D eigenvalue weighted by Gasteiger charge is 2.24. The van der Waals surface area contributed by atoms with Crippen LogP contribution in [0, 0.1) is 17.1 Å². The number of nitrogens with one attached hydrogen (secondary N) is 1. The lowest BCUT2D eigenvalue weighted by Crippen LogP contribution is -2.25. The summed E-state index contributed by atoms with van der Waals surface area (Å²) < 4.78 is 14.1. The third-order valence-corrected chi connectivity index (χ3v) is 6.97. The number of amides is 1. The standard InChI is InChI=1S/C29H22FN3O3S/c1-2-26(27(34)32-22-13-11-19(12-14-22)29(35)36)37-28-24(17-31)23(20-9-6-10-21(30)15-20)16-25(33-28)18-7-4-3-5-8-18/h3-16,26H,2H2,1H3,(H,32,34)(H,35,36). The Hall–Kier alpha value is -4.48. The smallest absolute Gasteiger partial charge is 0.335 e. The van der Waals surface area contributed by atoms with E-state index in [2.05, 4.69) is 11.4 Å². The van der Waals surface area contributed by atoms with Gasteiger partial charge in [-0.15, -0.1) is 0 Å². The number of halogens is 1. The average molecular weight is 512 g/mol. The molecule has 1 amide bonds. The monoisotopic (exact) mass is 511 g/mol. The van der Waals surface area contributed by atoms with Gasteiger partial charge in [0, 0.05) is 16.8 Å². The van der Waals surface area contributed by atoms with Crippen molar-refractivity contribution >= 4 is 29.3 Å². The number of benzene rings is 3. The molecule has 1 atom stereocenters. The van der Waals surface area contributed by atoms with Crippen molar-refractivity contribution in [2.45, 2.75) is 23.6 Å². The molecule has 6 nitrogen and oxygen atoms in total. The number of carbonyl (C=O) groups excluding carboxylic acids is 1. The number of aromatic nitrogens is 1. The number of carboxylic acid groups (broad SMARTS) is 1. The van der Waals surface area contributed by atoms with Gasteiger partial charge in [-0.2, -0.15) is 5.26 Å². The van der Waals surface area contributed by atoms with E-state index >= 15 is 0 Å². The first-order chi connectivity index (χ1) is 17.9. The molecule has 0 aliphatic heterocycles. The molecule has 0 radical (unpaired) electrons. The maximum Gasteiger partial charge on any atom is 0.335 e. The van der Waals surface area contributed by atoms with E-state index in [4.69, 9.17) is 10.1 Å². The van der Waals surface area contributed by atoms with E-state index in [9.17, 15) is 19.2 Å². The summed E-state index contributed by atoms with van der Waals surface area (Å²) in [7, 11) is 0. The summed E-state index contributed by atoms with van der Waals surface area (Å²) >= 11 is 1.16. The van der Waals surface area contributed by atoms with Crippen molar-refractivity contribution in [3.63, 3.8) is 0 Å². The van der Waals surface area contributed by atoms with E-state index < -0.39 is 17.0 Å². The van der Waals surface area contributed by atoms with Crippen LogP contribution in [0.3, 0.4) is 0 Å². The van der Waals surface area contributed by atoms with Gasteiger partial charge in [-0.1, -0.05) is 61.2 Å². The van der Waals surface area contributed by atoms with Crippen LogP contribution in [-0.2, 0) is 4.79 Å². The Morgan fingerprint density at radius 3 is 2.35 bits per heavy atom. The van der Waals surface area contributed by atoms with Crippen molar-refractivity contribution in [3.8, 4) is 28.5 Å². The van der Waals surface area contributed by atoms with Crippen LogP contribution in [-0.4, -0.2) is 27.2 Å². The molecule has 1 heterocycles. The van der Waals surface area contributed by atoms with Crippen LogP contribution in [0.1, 0.15) is 29.3 Å². The van der Waals surface area contributed by atoms with E-state index in [1.54, 1.807) is 18.2 Å². The van der Waals surface area contributed by atoms with Crippen molar-refractivity contribution in [1.82, 2.24) is 4.98 Å². The summed E-state index contributed by atoms with van der Waals surface area (Å²) in [6.45, 7) is 1.85. The lowest BCUT2D eigenvalue weighted by molar-refractivity contribution is -0.115. The number of thioether (sulfide) groups is 1. The third-order valence-electron chi connectivity index (χ3n) is 5.62. The van der Waals surface area contributed by atoms with Gasteiger partial charge in [0.2, 0.25) is 5.91 Å². The van der Waals surface area contributed by atoms with Crippen LogP contribution >= 0.6 is 11.8 Å². The largest absolute Gasteiger partial charge is 0.478 e.